The van der Waals surface area contributed by atoms with Crippen LogP contribution in [0.4, 0.5) is 4.39 Å². The first-order valence-corrected chi connectivity index (χ1v) is 14.7. The Morgan fingerprint density at radius 1 is 1.18 bits per heavy atom. The van der Waals surface area contributed by atoms with Gasteiger partial charge in [0.15, 0.2) is 15.6 Å². The van der Waals surface area contributed by atoms with Crippen molar-refractivity contribution >= 4 is 21.7 Å². The van der Waals surface area contributed by atoms with E-state index in [0.717, 1.165) is 22.4 Å². The molecule has 1 saturated carbocycles. The van der Waals surface area contributed by atoms with Gasteiger partial charge >= 0.3 is 0 Å². The predicted octanol–water partition coefficient (Wildman–Crippen LogP) is 5.37. The van der Waals surface area contributed by atoms with Crippen molar-refractivity contribution in [3.8, 4) is 5.69 Å². The van der Waals surface area contributed by atoms with E-state index in [9.17, 15) is 17.6 Å². The molecule has 0 aliphatic heterocycles. The SMILES string of the molecule is CCn1ccc(S(=O)(=O)[C@H]2CCC3=Cc4c(cnn4-c4ccc(F)cc4)C[C@]3(C(=O)c3cc(C)ccn3)C2)c1. The van der Waals surface area contributed by atoms with Crippen LogP contribution in [0, 0.1) is 18.2 Å². The Balaban J connectivity index is 1.45. The monoisotopic (exact) mass is 544 g/mol. The summed E-state index contributed by atoms with van der Waals surface area (Å²) in [6.45, 7) is 4.54. The summed E-state index contributed by atoms with van der Waals surface area (Å²) in [5.74, 6) is -0.495. The summed E-state index contributed by atoms with van der Waals surface area (Å²) in [5.41, 5.74) is 3.49. The van der Waals surface area contributed by atoms with Crippen molar-refractivity contribution in [1.29, 1.82) is 0 Å². The minimum atomic E-state index is -3.66. The van der Waals surface area contributed by atoms with Gasteiger partial charge in [-0.1, -0.05) is 5.57 Å². The normalized spacial score (nSPS) is 20.7. The lowest BCUT2D eigenvalue weighted by Crippen LogP contribution is -2.45. The van der Waals surface area contributed by atoms with Crippen LogP contribution < -0.4 is 0 Å². The number of rotatable bonds is 6. The molecule has 2 atom stereocenters. The third-order valence-corrected chi connectivity index (χ3v) is 10.3. The fraction of sp³-hybridized carbons (Fsp3) is 0.300. The zero-order valence-electron chi connectivity index (χ0n) is 21.8. The van der Waals surface area contributed by atoms with Crippen LogP contribution in [-0.4, -0.2) is 38.8 Å². The second kappa shape index (κ2) is 9.41. The molecule has 2 aliphatic rings. The molecule has 1 fully saturated rings. The maximum atomic E-state index is 14.3. The van der Waals surface area contributed by atoms with Gasteiger partial charge in [-0.05, 0) is 99.2 Å². The van der Waals surface area contributed by atoms with Crippen LogP contribution in [0.25, 0.3) is 11.8 Å². The van der Waals surface area contributed by atoms with Gasteiger partial charge in [0.05, 0.1) is 33.1 Å². The standard InChI is InChI=1S/C30H29FN4O3S/c1-3-34-13-11-26(19-34)39(37,38)25-9-4-22-15-28-21(18-33-35(28)24-7-5-23(31)6-8-24)16-30(22,17-25)29(36)27-14-20(2)10-12-32-27/h5-8,10-15,18-19,25H,3-4,9,16-17H2,1-2H3/t25-,30-/m0/s1. The number of Topliss-reactive ketones (excluding diaryl/α,β-unsaturated/α-hetero) is 1. The number of hydrogen-bond acceptors (Lipinski definition) is 5. The van der Waals surface area contributed by atoms with Gasteiger partial charge in [0.1, 0.15) is 11.5 Å². The molecule has 6 rings (SSSR count). The van der Waals surface area contributed by atoms with E-state index < -0.39 is 20.5 Å². The van der Waals surface area contributed by atoms with E-state index in [1.165, 1.54) is 12.1 Å². The Morgan fingerprint density at radius 2 is 1.97 bits per heavy atom. The Morgan fingerprint density at radius 3 is 2.69 bits per heavy atom. The number of pyridine rings is 1. The van der Waals surface area contributed by atoms with E-state index in [4.69, 9.17) is 0 Å². The summed E-state index contributed by atoms with van der Waals surface area (Å²) in [4.78, 5) is 19.0. The number of aryl methyl sites for hydroxylation is 2. The molecule has 3 aromatic heterocycles. The molecule has 200 valence electrons. The molecular weight excluding hydrogens is 515 g/mol. The fourth-order valence-corrected chi connectivity index (χ4v) is 7.85. The van der Waals surface area contributed by atoms with Gasteiger partial charge in [-0.3, -0.25) is 9.78 Å². The molecule has 1 aromatic carbocycles. The number of sulfone groups is 1. The highest BCUT2D eigenvalue weighted by atomic mass is 32.2. The number of hydrogen-bond donors (Lipinski definition) is 0. The van der Waals surface area contributed by atoms with Crippen LogP contribution in [-0.2, 0) is 22.8 Å². The molecule has 3 heterocycles. The quantitative estimate of drug-likeness (QED) is 0.305. The Hall–Kier alpha value is -3.85. The van der Waals surface area contributed by atoms with Crippen molar-refractivity contribution in [3.63, 3.8) is 0 Å². The zero-order chi connectivity index (χ0) is 27.4. The number of carbonyl (C=O) groups excluding carboxylic acids is 1. The second-order valence-electron chi connectivity index (χ2n) is 10.5. The molecule has 0 saturated heterocycles. The molecule has 0 amide bonds. The first-order chi connectivity index (χ1) is 18.7. The number of nitrogens with zero attached hydrogens (tertiary/aromatic N) is 4. The average Bonchev–Trinajstić information content (AvgIpc) is 3.59. The molecule has 2 aliphatic carbocycles. The van der Waals surface area contributed by atoms with Gasteiger partial charge in [0.2, 0.25) is 0 Å². The third kappa shape index (κ3) is 4.25. The minimum absolute atomic E-state index is 0.163. The lowest BCUT2D eigenvalue weighted by molar-refractivity contribution is 0.0796. The lowest BCUT2D eigenvalue weighted by Gasteiger charge is -2.43. The third-order valence-electron chi connectivity index (χ3n) is 8.13. The molecule has 39 heavy (non-hydrogen) atoms. The average molecular weight is 545 g/mol. The number of ketones is 1. The van der Waals surface area contributed by atoms with Crippen molar-refractivity contribution in [2.75, 3.05) is 0 Å². The summed E-state index contributed by atoms with van der Waals surface area (Å²) >= 11 is 0. The lowest BCUT2D eigenvalue weighted by atomic mass is 9.61. The van der Waals surface area contributed by atoms with Crippen LogP contribution in [0.2, 0.25) is 0 Å². The molecule has 9 heteroatoms. The van der Waals surface area contributed by atoms with E-state index in [1.54, 1.807) is 53.7 Å². The van der Waals surface area contributed by atoms with Crippen LogP contribution >= 0.6 is 0 Å². The van der Waals surface area contributed by atoms with E-state index in [0.29, 0.717) is 42.1 Å². The predicted molar refractivity (Wildman–Crippen MR) is 146 cm³/mol. The maximum Gasteiger partial charge on any atom is 0.191 e. The first kappa shape index (κ1) is 25.4. The number of fused-ring (bicyclic) bond motifs is 2. The van der Waals surface area contributed by atoms with E-state index in [2.05, 4.69) is 10.1 Å². The summed E-state index contributed by atoms with van der Waals surface area (Å²) < 4.78 is 44.8. The minimum Gasteiger partial charge on any atom is -0.353 e. The van der Waals surface area contributed by atoms with Gasteiger partial charge in [-0.2, -0.15) is 5.10 Å². The van der Waals surface area contributed by atoms with Crippen molar-refractivity contribution in [2.24, 2.45) is 5.41 Å². The highest BCUT2D eigenvalue weighted by Crippen LogP contribution is 2.51. The second-order valence-corrected chi connectivity index (χ2v) is 12.7. The highest BCUT2D eigenvalue weighted by molar-refractivity contribution is 7.92. The van der Waals surface area contributed by atoms with Gasteiger partial charge in [-0.25, -0.2) is 17.5 Å². The van der Waals surface area contributed by atoms with Crippen molar-refractivity contribution in [2.45, 2.75) is 56.2 Å². The number of allylic oxidation sites excluding steroid dienone is 1. The largest absolute Gasteiger partial charge is 0.353 e. The van der Waals surface area contributed by atoms with E-state index >= 15 is 0 Å². The Labute approximate surface area is 226 Å². The molecule has 0 N–H and O–H groups in total. The molecule has 0 bridgehead atoms. The van der Waals surface area contributed by atoms with E-state index in [-0.39, 0.29) is 18.0 Å². The number of aromatic nitrogens is 4. The smallest absolute Gasteiger partial charge is 0.191 e. The van der Waals surface area contributed by atoms with Crippen LogP contribution in [0.5, 0.6) is 0 Å². The van der Waals surface area contributed by atoms with Gasteiger partial charge in [0.25, 0.3) is 0 Å². The summed E-state index contributed by atoms with van der Waals surface area (Å²) in [7, 11) is -3.66. The molecule has 4 aromatic rings. The van der Waals surface area contributed by atoms with Gasteiger partial charge in [-0.15, -0.1) is 0 Å². The fourth-order valence-electron chi connectivity index (χ4n) is 6.00. The van der Waals surface area contributed by atoms with Crippen LogP contribution in [0.1, 0.15) is 53.5 Å². The number of benzene rings is 1. The maximum absolute atomic E-state index is 14.3. The van der Waals surface area contributed by atoms with Crippen LogP contribution in [0.15, 0.2) is 77.7 Å². The molecular formula is C30H29FN4O3S. The molecule has 7 nitrogen and oxygen atoms in total. The van der Waals surface area contributed by atoms with Crippen molar-refractivity contribution in [3.05, 3.63) is 101 Å². The summed E-state index contributed by atoms with van der Waals surface area (Å²) in [5, 5.41) is 3.86. The number of carbonyl (C=O) groups is 1. The number of halogens is 1. The summed E-state index contributed by atoms with van der Waals surface area (Å²) in [6.07, 6.45) is 10.2. The zero-order valence-corrected chi connectivity index (χ0v) is 22.7. The van der Waals surface area contributed by atoms with Gasteiger partial charge < -0.3 is 4.57 Å². The molecule has 0 radical (unpaired) electrons. The molecule has 0 unspecified atom stereocenters. The Kier molecular flexibility index (Phi) is 6.14. The Bertz CT molecular complexity index is 1720. The van der Waals surface area contributed by atoms with Gasteiger partial charge in [0, 0.05) is 25.1 Å². The van der Waals surface area contributed by atoms with Crippen molar-refractivity contribution < 1.29 is 17.6 Å². The topological polar surface area (TPSA) is 86.9 Å². The van der Waals surface area contributed by atoms with E-state index in [1.807, 2.05) is 30.6 Å². The highest BCUT2D eigenvalue weighted by Gasteiger charge is 2.52. The summed E-state index contributed by atoms with van der Waals surface area (Å²) in [6, 6.07) is 11.4. The van der Waals surface area contributed by atoms with Crippen molar-refractivity contribution in [1.82, 2.24) is 19.3 Å². The first-order valence-electron chi connectivity index (χ1n) is 13.1. The van der Waals surface area contributed by atoms with Crippen LogP contribution in [0.3, 0.4) is 0 Å². The molecule has 0 spiro atoms.